The highest BCUT2D eigenvalue weighted by molar-refractivity contribution is 6.77. The summed E-state index contributed by atoms with van der Waals surface area (Å²) >= 11 is 16.9. The van der Waals surface area contributed by atoms with Gasteiger partial charge in [0, 0.05) is 17.3 Å². The van der Waals surface area contributed by atoms with Gasteiger partial charge in [0.25, 0.3) is 3.79 Å². The van der Waals surface area contributed by atoms with E-state index in [1.807, 2.05) is 13.8 Å². The first-order chi connectivity index (χ1) is 9.59. The molecule has 4 nitrogen and oxygen atoms in total. The van der Waals surface area contributed by atoms with Crippen molar-refractivity contribution in [3.63, 3.8) is 0 Å². The van der Waals surface area contributed by atoms with E-state index < -0.39 is 15.5 Å². The molecular weight excluding hydrogens is 337 g/mol. The Morgan fingerprint density at radius 1 is 1.29 bits per heavy atom. The summed E-state index contributed by atoms with van der Waals surface area (Å²) in [5.41, 5.74) is 0.159. The van der Waals surface area contributed by atoms with Crippen molar-refractivity contribution in [2.24, 2.45) is 5.92 Å². The van der Waals surface area contributed by atoms with E-state index in [4.69, 9.17) is 39.5 Å². The van der Waals surface area contributed by atoms with Crippen LogP contribution in [0.1, 0.15) is 47.5 Å². The molecule has 116 valence electrons. The second-order valence-corrected chi connectivity index (χ2v) is 8.01. The van der Waals surface area contributed by atoms with E-state index in [1.54, 1.807) is 10.8 Å². The summed E-state index contributed by atoms with van der Waals surface area (Å²) in [7, 11) is 1.29. The number of nitrogens with zero attached hydrogens (tertiary/aromatic N) is 1. The molecule has 1 saturated carbocycles. The molecule has 1 fully saturated rings. The standard InChI is InChI=1S/C14H16Cl3NO3/c1-13(2,9-4-5-9)18-7-8(11(19)14(15,16)17)6-10(18)12(20)21-3/h6-7,9H,4-5H2,1-3H3. The molecule has 0 atom stereocenters. The highest BCUT2D eigenvalue weighted by Crippen LogP contribution is 2.45. The van der Waals surface area contributed by atoms with Crippen molar-refractivity contribution < 1.29 is 14.3 Å². The lowest BCUT2D eigenvalue weighted by atomic mass is 9.98. The summed E-state index contributed by atoms with van der Waals surface area (Å²) in [6, 6.07) is 1.42. The Morgan fingerprint density at radius 3 is 2.29 bits per heavy atom. The summed E-state index contributed by atoms with van der Waals surface area (Å²) in [5.74, 6) is -0.737. The number of rotatable bonds is 4. The monoisotopic (exact) mass is 351 g/mol. The van der Waals surface area contributed by atoms with Crippen LogP contribution in [0.2, 0.25) is 0 Å². The fourth-order valence-corrected chi connectivity index (χ4v) is 2.80. The van der Waals surface area contributed by atoms with Crippen LogP contribution in [0.4, 0.5) is 0 Å². The van der Waals surface area contributed by atoms with Gasteiger partial charge in [-0.15, -0.1) is 0 Å². The minimum atomic E-state index is -2.05. The molecule has 1 heterocycles. The van der Waals surface area contributed by atoms with Crippen LogP contribution in [-0.2, 0) is 10.3 Å². The minimum Gasteiger partial charge on any atom is -0.464 e. The normalized spacial score (nSPS) is 15.9. The Labute approximate surface area is 138 Å². The van der Waals surface area contributed by atoms with Crippen molar-refractivity contribution in [3.8, 4) is 0 Å². The number of esters is 1. The molecule has 21 heavy (non-hydrogen) atoms. The molecule has 1 aromatic rings. The van der Waals surface area contributed by atoms with E-state index in [9.17, 15) is 9.59 Å². The van der Waals surface area contributed by atoms with Crippen LogP contribution in [0.5, 0.6) is 0 Å². The SMILES string of the molecule is COC(=O)c1cc(C(=O)C(Cl)(Cl)Cl)cn1C(C)(C)C1CC1. The van der Waals surface area contributed by atoms with Gasteiger partial charge in [-0.25, -0.2) is 4.79 Å². The Hall–Kier alpha value is -0.710. The van der Waals surface area contributed by atoms with Crippen LogP contribution < -0.4 is 0 Å². The molecular formula is C14H16Cl3NO3. The van der Waals surface area contributed by atoms with Gasteiger partial charge >= 0.3 is 5.97 Å². The van der Waals surface area contributed by atoms with Crippen molar-refractivity contribution >= 4 is 46.6 Å². The summed E-state index contributed by atoms with van der Waals surface area (Å²) in [6.07, 6.45) is 3.73. The van der Waals surface area contributed by atoms with Crippen molar-refractivity contribution in [1.82, 2.24) is 4.57 Å². The predicted molar refractivity (Wildman–Crippen MR) is 82.4 cm³/mol. The van der Waals surface area contributed by atoms with Gasteiger partial charge in [-0.2, -0.15) is 0 Å². The number of Topliss-reactive ketones (excluding diaryl/α,β-unsaturated/α-hetero) is 1. The van der Waals surface area contributed by atoms with E-state index >= 15 is 0 Å². The van der Waals surface area contributed by atoms with Gasteiger partial charge in [-0.1, -0.05) is 34.8 Å². The molecule has 1 aromatic heterocycles. The molecule has 0 aliphatic heterocycles. The maximum absolute atomic E-state index is 12.1. The summed E-state index contributed by atoms with van der Waals surface area (Å²) < 4.78 is 4.48. The molecule has 0 radical (unpaired) electrons. The number of carbonyl (C=O) groups is 2. The Kier molecular flexibility index (Phi) is 4.35. The zero-order chi connectivity index (χ0) is 16.0. The van der Waals surface area contributed by atoms with E-state index in [2.05, 4.69) is 0 Å². The third-order valence-corrected chi connectivity index (χ3v) is 4.45. The van der Waals surface area contributed by atoms with Crippen molar-refractivity contribution in [1.29, 1.82) is 0 Å². The molecule has 1 aliphatic rings. The van der Waals surface area contributed by atoms with Gasteiger partial charge < -0.3 is 9.30 Å². The second-order valence-electron chi connectivity index (χ2n) is 5.73. The maximum Gasteiger partial charge on any atom is 0.354 e. The smallest absolute Gasteiger partial charge is 0.354 e. The van der Waals surface area contributed by atoms with Gasteiger partial charge in [0.05, 0.1) is 7.11 Å². The number of ketones is 1. The maximum atomic E-state index is 12.1. The third kappa shape index (κ3) is 3.22. The van der Waals surface area contributed by atoms with Gasteiger partial charge in [0.2, 0.25) is 5.78 Å². The van der Waals surface area contributed by atoms with E-state index in [0.717, 1.165) is 12.8 Å². The lowest BCUT2D eigenvalue weighted by Crippen LogP contribution is -2.31. The molecule has 0 unspecified atom stereocenters. The quantitative estimate of drug-likeness (QED) is 0.468. The van der Waals surface area contributed by atoms with Crippen LogP contribution in [0, 0.1) is 5.92 Å². The lowest BCUT2D eigenvalue weighted by Gasteiger charge is -2.28. The Balaban J connectivity index is 2.50. The number of ether oxygens (including phenoxy) is 1. The average Bonchev–Trinajstić information content (AvgIpc) is 3.15. The molecule has 0 amide bonds. The van der Waals surface area contributed by atoms with Crippen LogP contribution in [0.15, 0.2) is 12.3 Å². The van der Waals surface area contributed by atoms with Crippen molar-refractivity contribution in [2.75, 3.05) is 7.11 Å². The number of hydrogen-bond donors (Lipinski definition) is 0. The molecule has 0 N–H and O–H groups in total. The molecule has 0 saturated heterocycles. The first-order valence-corrected chi connectivity index (χ1v) is 7.65. The van der Waals surface area contributed by atoms with E-state index in [-0.39, 0.29) is 16.8 Å². The van der Waals surface area contributed by atoms with Gasteiger partial charge in [0.1, 0.15) is 5.69 Å². The fourth-order valence-electron chi connectivity index (χ4n) is 2.48. The predicted octanol–water partition coefficient (Wildman–Crippen LogP) is 3.97. The number of hydrogen-bond acceptors (Lipinski definition) is 3. The first-order valence-electron chi connectivity index (χ1n) is 6.51. The minimum absolute atomic E-state index is 0.184. The van der Waals surface area contributed by atoms with Gasteiger partial charge in [0.15, 0.2) is 0 Å². The topological polar surface area (TPSA) is 48.3 Å². The number of halogens is 3. The molecule has 0 aromatic carbocycles. The van der Waals surface area contributed by atoms with E-state index in [0.29, 0.717) is 5.92 Å². The Morgan fingerprint density at radius 2 is 1.86 bits per heavy atom. The van der Waals surface area contributed by atoms with Crippen LogP contribution in [0.3, 0.4) is 0 Å². The number of carbonyl (C=O) groups excluding carboxylic acids is 2. The van der Waals surface area contributed by atoms with Crippen LogP contribution in [0.25, 0.3) is 0 Å². The summed E-state index contributed by atoms with van der Waals surface area (Å²) in [5, 5.41) is 0. The highest BCUT2D eigenvalue weighted by atomic mass is 35.6. The van der Waals surface area contributed by atoms with Crippen LogP contribution in [-0.4, -0.2) is 27.2 Å². The largest absolute Gasteiger partial charge is 0.464 e. The van der Waals surface area contributed by atoms with Crippen molar-refractivity contribution in [3.05, 3.63) is 23.5 Å². The average molecular weight is 353 g/mol. The molecule has 2 rings (SSSR count). The summed E-state index contributed by atoms with van der Waals surface area (Å²) in [6.45, 7) is 4.03. The molecule has 7 heteroatoms. The van der Waals surface area contributed by atoms with Crippen LogP contribution >= 0.6 is 34.8 Å². The third-order valence-electron chi connectivity index (χ3n) is 3.93. The summed E-state index contributed by atoms with van der Waals surface area (Å²) in [4.78, 5) is 24.1. The second kappa shape index (κ2) is 5.49. The number of aromatic nitrogens is 1. The molecule has 0 bridgehead atoms. The van der Waals surface area contributed by atoms with Crippen molar-refractivity contribution in [2.45, 2.75) is 36.0 Å². The number of alkyl halides is 3. The fraction of sp³-hybridized carbons (Fsp3) is 0.571. The lowest BCUT2D eigenvalue weighted by molar-refractivity contribution is 0.0578. The van der Waals surface area contributed by atoms with Gasteiger partial charge in [-0.05, 0) is 38.7 Å². The zero-order valence-electron chi connectivity index (χ0n) is 12.0. The molecule has 0 spiro atoms. The Bertz CT molecular complexity index is 583. The first kappa shape index (κ1) is 16.7. The zero-order valence-corrected chi connectivity index (χ0v) is 14.2. The van der Waals surface area contributed by atoms with Gasteiger partial charge in [-0.3, -0.25) is 4.79 Å². The number of methoxy groups -OCH3 is 1. The van der Waals surface area contributed by atoms with E-state index in [1.165, 1.54) is 13.2 Å². The molecule has 1 aliphatic carbocycles. The highest BCUT2D eigenvalue weighted by Gasteiger charge is 2.42.